The maximum Gasteiger partial charge on any atom is 0.306 e. The number of carboxylic acids is 1. The normalized spacial score (nSPS) is 21.4. The summed E-state index contributed by atoms with van der Waals surface area (Å²) in [6.45, 7) is 3.12. The van der Waals surface area contributed by atoms with E-state index in [1.165, 1.54) is 0 Å². The molecule has 27 heavy (non-hydrogen) atoms. The first-order valence-electron chi connectivity index (χ1n) is 9.46. The maximum atomic E-state index is 12.5. The van der Waals surface area contributed by atoms with Crippen molar-refractivity contribution in [3.8, 4) is 12.3 Å². The summed E-state index contributed by atoms with van der Waals surface area (Å²) in [5.41, 5.74) is 0. The highest BCUT2D eigenvalue weighted by Crippen LogP contribution is 2.21. The van der Waals surface area contributed by atoms with Gasteiger partial charge in [-0.25, -0.2) is 0 Å². The molecule has 0 aromatic carbocycles. The Balaban J connectivity index is 0.00000364. The molecular weight excluding hydrogens is 370 g/mol. The summed E-state index contributed by atoms with van der Waals surface area (Å²) >= 11 is 0. The lowest BCUT2D eigenvalue weighted by Crippen LogP contribution is -2.47. The molecule has 3 N–H and O–H groups in total. The lowest BCUT2D eigenvalue weighted by Gasteiger charge is -2.33. The van der Waals surface area contributed by atoms with Crippen molar-refractivity contribution >= 4 is 30.2 Å². The van der Waals surface area contributed by atoms with Gasteiger partial charge in [-0.2, -0.15) is 0 Å². The Morgan fingerprint density at radius 3 is 2.59 bits per heavy atom. The molecule has 0 saturated carbocycles. The summed E-state index contributed by atoms with van der Waals surface area (Å²) in [4.78, 5) is 37.4. The van der Waals surface area contributed by atoms with Gasteiger partial charge in [-0.15, -0.1) is 18.8 Å². The fourth-order valence-corrected chi connectivity index (χ4v) is 3.69. The summed E-state index contributed by atoms with van der Waals surface area (Å²) < 4.78 is 0. The Labute approximate surface area is 167 Å². The van der Waals surface area contributed by atoms with Crippen LogP contribution in [0.3, 0.4) is 0 Å². The molecule has 8 heteroatoms. The fourth-order valence-electron chi connectivity index (χ4n) is 3.69. The second kappa shape index (κ2) is 11.8. The SMILES string of the molecule is C#C[C@H](CC(=O)O)NC(=O)[C@@H]1CCCN(C(=O)CCC2CCNCC2)C1.Cl. The van der Waals surface area contributed by atoms with Crippen LogP contribution in [0.1, 0.15) is 44.9 Å². The van der Waals surface area contributed by atoms with E-state index < -0.39 is 12.0 Å². The number of carbonyl (C=O) groups excluding carboxylic acids is 2. The Morgan fingerprint density at radius 2 is 1.96 bits per heavy atom. The monoisotopic (exact) mass is 399 g/mol. The van der Waals surface area contributed by atoms with Gasteiger partial charge in [-0.1, -0.05) is 5.92 Å². The van der Waals surface area contributed by atoms with Crippen LogP contribution in [0.2, 0.25) is 0 Å². The molecule has 0 unspecified atom stereocenters. The molecule has 2 atom stereocenters. The van der Waals surface area contributed by atoms with Crippen LogP contribution in [0, 0.1) is 24.2 Å². The average molecular weight is 400 g/mol. The number of rotatable bonds is 7. The van der Waals surface area contributed by atoms with Gasteiger partial charge in [0.25, 0.3) is 0 Å². The van der Waals surface area contributed by atoms with E-state index in [-0.39, 0.29) is 36.6 Å². The van der Waals surface area contributed by atoms with Crippen LogP contribution in [0.15, 0.2) is 0 Å². The number of nitrogens with zero attached hydrogens (tertiary/aromatic N) is 1. The highest BCUT2D eigenvalue weighted by molar-refractivity contribution is 5.85. The average Bonchev–Trinajstić information content (AvgIpc) is 2.66. The zero-order valence-corrected chi connectivity index (χ0v) is 16.4. The zero-order valence-electron chi connectivity index (χ0n) is 15.6. The van der Waals surface area contributed by atoms with Crippen molar-refractivity contribution in [1.29, 1.82) is 0 Å². The van der Waals surface area contributed by atoms with Gasteiger partial charge in [0.1, 0.15) is 6.04 Å². The maximum absolute atomic E-state index is 12.5. The van der Waals surface area contributed by atoms with Crippen molar-refractivity contribution in [2.75, 3.05) is 26.2 Å². The third-order valence-corrected chi connectivity index (χ3v) is 5.27. The Bertz CT molecular complexity index is 558. The lowest BCUT2D eigenvalue weighted by molar-refractivity contribution is -0.137. The number of carboxylic acid groups (broad SMARTS) is 1. The van der Waals surface area contributed by atoms with E-state index in [2.05, 4.69) is 16.6 Å². The molecular formula is C19H30ClN3O4. The molecule has 2 aliphatic rings. The van der Waals surface area contributed by atoms with Crippen LogP contribution in [0.4, 0.5) is 0 Å². The van der Waals surface area contributed by atoms with Crippen LogP contribution in [0.5, 0.6) is 0 Å². The molecule has 2 fully saturated rings. The zero-order chi connectivity index (χ0) is 18.9. The number of halogens is 1. The molecule has 0 aromatic rings. The third kappa shape index (κ3) is 7.77. The van der Waals surface area contributed by atoms with E-state index in [9.17, 15) is 14.4 Å². The molecule has 7 nitrogen and oxygen atoms in total. The van der Waals surface area contributed by atoms with E-state index in [0.717, 1.165) is 38.8 Å². The second-order valence-electron chi connectivity index (χ2n) is 7.24. The third-order valence-electron chi connectivity index (χ3n) is 5.27. The lowest BCUT2D eigenvalue weighted by atomic mass is 9.92. The quantitative estimate of drug-likeness (QED) is 0.555. The number of hydrogen-bond donors (Lipinski definition) is 3. The Morgan fingerprint density at radius 1 is 1.26 bits per heavy atom. The van der Waals surface area contributed by atoms with Gasteiger partial charge in [-0.3, -0.25) is 14.4 Å². The van der Waals surface area contributed by atoms with Crippen LogP contribution in [-0.2, 0) is 14.4 Å². The molecule has 0 spiro atoms. The molecule has 152 valence electrons. The van der Waals surface area contributed by atoms with Gasteiger partial charge in [0.15, 0.2) is 0 Å². The minimum atomic E-state index is -1.05. The van der Waals surface area contributed by atoms with Crippen LogP contribution in [-0.4, -0.2) is 60.0 Å². The van der Waals surface area contributed by atoms with Gasteiger partial charge in [0.2, 0.25) is 11.8 Å². The van der Waals surface area contributed by atoms with Crippen molar-refractivity contribution in [3.05, 3.63) is 0 Å². The van der Waals surface area contributed by atoms with E-state index in [4.69, 9.17) is 11.5 Å². The van der Waals surface area contributed by atoms with Crippen molar-refractivity contribution in [2.24, 2.45) is 11.8 Å². The first kappa shape index (κ1) is 23.3. The number of piperidine rings is 2. The molecule has 0 bridgehead atoms. The molecule has 0 aromatic heterocycles. The number of amides is 2. The number of nitrogens with one attached hydrogen (secondary N) is 2. The summed E-state index contributed by atoms with van der Waals surface area (Å²) in [5.74, 6) is 1.38. The minimum absolute atomic E-state index is 0. The molecule has 2 amide bonds. The summed E-state index contributed by atoms with van der Waals surface area (Å²) in [6, 6.07) is -0.814. The molecule has 0 radical (unpaired) electrons. The summed E-state index contributed by atoms with van der Waals surface area (Å²) in [5, 5.41) is 14.8. The molecule has 2 heterocycles. The molecule has 2 saturated heterocycles. The van der Waals surface area contributed by atoms with Crippen molar-refractivity contribution in [1.82, 2.24) is 15.5 Å². The van der Waals surface area contributed by atoms with Crippen LogP contribution < -0.4 is 10.6 Å². The number of hydrogen-bond acceptors (Lipinski definition) is 4. The smallest absolute Gasteiger partial charge is 0.306 e. The van der Waals surface area contributed by atoms with Gasteiger partial charge in [0.05, 0.1) is 12.3 Å². The largest absolute Gasteiger partial charge is 0.481 e. The number of aliphatic carboxylic acids is 1. The first-order valence-corrected chi connectivity index (χ1v) is 9.46. The Kier molecular flexibility index (Phi) is 10.2. The highest BCUT2D eigenvalue weighted by Gasteiger charge is 2.29. The predicted molar refractivity (Wildman–Crippen MR) is 104 cm³/mol. The van der Waals surface area contributed by atoms with Crippen molar-refractivity contribution in [2.45, 2.75) is 51.0 Å². The van der Waals surface area contributed by atoms with Crippen LogP contribution in [0.25, 0.3) is 0 Å². The van der Waals surface area contributed by atoms with Gasteiger partial charge < -0.3 is 20.6 Å². The van der Waals surface area contributed by atoms with E-state index in [1.807, 2.05) is 0 Å². The summed E-state index contributed by atoms with van der Waals surface area (Å²) in [6.07, 6.45) is 10.1. The number of carbonyl (C=O) groups is 3. The second-order valence-corrected chi connectivity index (χ2v) is 7.24. The topological polar surface area (TPSA) is 98.7 Å². The van der Waals surface area contributed by atoms with E-state index in [0.29, 0.717) is 31.8 Å². The van der Waals surface area contributed by atoms with Crippen molar-refractivity contribution in [3.63, 3.8) is 0 Å². The molecule has 0 aliphatic carbocycles. The van der Waals surface area contributed by atoms with Gasteiger partial charge >= 0.3 is 5.97 Å². The fraction of sp³-hybridized carbons (Fsp3) is 0.737. The van der Waals surface area contributed by atoms with Gasteiger partial charge in [-0.05, 0) is 51.1 Å². The van der Waals surface area contributed by atoms with Crippen molar-refractivity contribution < 1.29 is 19.5 Å². The van der Waals surface area contributed by atoms with E-state index in [1.54, 1.807) is 4.90 Å². The number of terminal acetylenes is 1. The van der Waals surface area contributed by atoms with Gasteiger partial charge in [0, 0.05) is 19.5 Å². The van der Waals surface area contributed by atoms with E-state index >= 15 is 0 Å². The molecule has 2 rings (SSSR count). The first-order chi connectivity index (χ1) is 12.5. The number of likely N-dealkylation sites (tertiary alicyclic amines) is 1. The minimum Gasteiger partial charge on any atom is -0.481 e. The standard InChI is InChI=1S/C19H29N3O4.ClH/c1-2-16(12-18(24)25)21-19(26)15-4-3-11-22(13-15)17(23)6-5-14-7-9-20-10-8-14;/h1,14-16,20H,3-13H2,(H,21,26)(H,24,25);1H/t15-,16-;/m1./s1. The van der Waals surface area contributed by atoms with Crippen LogP contribution >= 0.6 is 12.4 Å². The Hall–Kier alpha value is -1.78. The predicted octanol–water partition coefficient (Wildman–Crippen LogP) is 1.02. The summed E-state index contributed by atoms with van der Waals surface area (Å²) in [7, 11) is 0. The molecule has 2 aliphatic heterocycles. The highest BCUT2D eigenvalue weighted by atomic mass is 35.5.